The van der Waals surface area contributed by atoms with Crippen LogP contribution >= 0.6 is 23.4 Å². The lowest BCUT2D eigenvalue weighted by Crippen LogP contribution is -2.50. The first-order valence-electron chi connectivity index (χ1n) is 12.1. The molecule has 1 atom stereocenters. The number of benzene rings is 3. The fraction of sp³-hybridized carbons (Fsp3) is 0.310. The second-order valence-electron chi connectivity index (χ2n) is 8.41. The standard InChI is InChI=1S/C29H33ClN2O2S/c1-2-3-19-31-29(34)27(21-23-10-6-4-7-11-23)32(22-24-12-8-5-9-13-24)28(33)18-20-35-26-16-14-25(30)15-17-26/h4-17,27H,2-3,18-22H2,1H3,(H,31,34)/t27-/m0/s1. The molecule has 0 radical (unpaired) electrons. The fourth-order valence-corrected chi connectivity index (χ4v) is 4.74. The van der Waals surface area contributed by atoms with Crippen molar-refractivity contribution in [3.63, 3.8) is 0 Å². The Morgan fingerprint density at radius 2 is 1.54 bits per heavy atom. The number of carbonyl (C=O) groups excluding carboxylic acids is 2. The average molecular weight is 509 g/mol. The van der Waals surface area contributed by atoms with Crippen molar-refractivity contribution in [1.82, 2.24) is 10.2 Å². The van der Waals surface area contributed by atoms with E-state index in [9.17, 15) is 9.59 Å². The molecule has 0 spiro atoms. The summed E-state index contributed by atoms with van der Waals surface area (Å²) in [5, 5.41) is 3.75. The van der Waals surface area contributed by atoms with Gasteiger partial charge in [-0.05, 0) is 41.8 Å². The van der Waals surface area contributed by atoms with E-state index >= 15 is 0 Å². The Morgan fingerprint density at radius 1 is 0.914 bits per heavy atom. The molecule has 184 valence electrons. The number of hydrogen-bond acceptors (Lipinski definition) is 3. The van der Waals surface area contributed by atoms with Crippen LogP contribution in [-0.2, 0) is 22.6 Å². The van der Waals surface area contributed by atoms with E-state index in [1.807, 2.05) is 84.9 Å². The van der Waals surface area contributed by atoms with Crippen LogP contribution in [0.4, 0.5) is 0 Å². The van der Waals surface area contributed by atoms with Gasteiger partial charge in [-0.25, -0.2) is 0 Å². The third-order valence-corrected chi connectivity index (χ3v) is 6.96. The summed E-state index contributed by atoms with van der Waals surface area (Å²) in [4.78, 5) is 29.8. The number of amides is 2. The third kappa shape index (κ3) is 9.08. The quantitative estimate of drug-likeness (QED) is 0.215. The highest BCUT2D eigenvalue weighted by Crippen LogP contribution is 2.22. The van der Waals surface area contributed by atoms with Crippen LogP contribution in [0.2, 0.25) is 5.02 Å². The first kappa shape index (κ1) is 26.8. The van der Waals surface area contributed by atoms with E-state index in [4.69, 9.17) is 11.6 Å². The number of carbonyl (C=O) groups is 2. The Balaban J connectivity index is 1.79. The summed E-state index contributed by atoms with van der Waals surface area (Å²) < 4.78 is 0. The van der Waals surface area contributed by atoms with Gasteiger partial charge in [0.2, 0.25) is 11.8 Å². The molecule has 6 heteroatoms. The molecule has 0 aromatic heterocycles. The van der Waals surface area contributed by atoms with Crippen LogP contribution in [0.1, 0.15) is 37.3 Å². The molecular weight excluding hydrogens is 476 g/mol. The summed E-state index contributed by atoms with van der Waals surface area (Å²) in [6, 6.07) is 26.8. The van der Waals surface area contributed by atoms with E-state index in [2.05, 4.69) is 12.2 Å². The first-order chi connectivity index (χ1) is 17.1. The SMILES string of the molecule is CCCCNC(=O)[C@H](Cc1ccccc1)N(Cc1ccccc1)C(=O)CCSc1ccc(Cl)cc1. The lowest BCUT2D eigenvalue weighted by molar-refractivity contribution is -0.141. The molecule has 0 saturated heterocycles. The molecule has 0 unspecified atom stereocenters. The van der Waals surface area contributed by atoms with Crippen molar-refractivity contribution in [2.24, 2.45) is 0 Å². The molecule has 1 N–H and O–H groups in total. The van der Waals surface area contributed by atoms with Crippen molar-refractivity contribution in [2.45, 2.75) is 50.1 Å². The van der Waals surface area contributed by atoms with Gasteiger partial charge in [-0.3, -0.25) is 9.59 Å². The normalized spacial score (nSPS) is 11.6. The smallest absolute Gasteiger partial charge is 0.243 e. The summed E-state index contributed by atoms with van der Waals surface area (Å²) in [7, 11) is 0. The largest absolute Gasteiger partial charge is 0.354 e. The van der Waals surface area contributed by atoms with Gasteiger partial charge in [-0.2, -0.15) is 0 Å². The van der Waals surface area contributed by atoms with Crippen molar-refractivity contribution in [2.75, 3.05) is 12.3 Å². The van der Waals surface area contributed by atoms with Crippen molar-refractivity contribution in [3.8, 4) is 0 Å². The van der Waals surface area contributed by atoms with Crippen molar-refractivity contribution >= 4 is 35.2 Å². The van der Waals surface area contributed by atoms with E-state index in [-0.39, 0.29) is 11.8 Å². The van der Waals surface area contributed by atoms with E-state index in [0.717, 1.165) is 28.9 Å². The number of hydrogen-bond donors (Lipinski definition) is 1. The monoisotopic (exact) mass is 508 g/mol. The van der Waals surface area contributed by atoms with Crippen LogP contribution in [0, 0.1) is 0 Å². The number of thioether (sulfide) groups is 1. The Hall–Kier alpha value is -2.76. The molecular formula is C29H33ClN2O2S. The van der Waals surface area contributed by atoms with Gasteiger partial charge in [-0.15, -0.1) is 11.8 Å². The zero-order valence-electron chi connectivity index (χ0n) is 20.2. The molecule has 0 aliphatic rings. The fourth-order valence-electron chi connectivity index (χ4n) is 3.77. The van der Waals surface area contributed by atoms with Crippen molar-refractivity contribution in [1.29, 1.82) is 0 Å². The molecule has 0 saturated carbocycles. The maximum atomic E-state index is 13.6. The highest BCUT2D eigenvalue weighted by molar-refractivity contribution is 7.99. The van der Waals surface area contributed by atoms with Gasteiger partial charge in [-0.1, -0.05) is 85.6 Å². The van der Waals surface area contributed by atoms with E-state index in [1.165, 1.54) is 0 Å². The summed E-state index contributed by atoms with van der Waals surface area (Å²) >= 11 is 7.60. The molecule has 3 aromatic rings. The first-order valence-corrected chi connectivity index (χ1v) is 13.5. The molecule has 0 aliphatic carbocycles. The number of rotatable bonds is 13. The summed E-state index contributed by atoms with van der Waals surface area (Å²) in [6.45, 7) is 3.10. The Labute approximate surface area is 218 Å². The van der Waals surface area contributed by atoms with Crippen molar-refractivity contribution in [3.05, 3.63) is 101 Å². The summed E-state index contributed by atoms with van der Waals surface area (Å²) in [5.74, 6) is 0.500. The average Bonchev–Trinajstić information content (AvgIpc) is 2.88. The van der Waals surface area contributed by atoms with E-state index < -0.39 is 6.04 Å². The maximum absolute atomic E-state index is 13.6. The number of halogens is 1. The molecule has 3 rings (SSSR count). The van der Waals surface area contributed by atoms with Crippen LogP contribution < -0.4 is 5.32 Å². The molecule has 2 amide bonds. The molecule has 3 aromatic carbocycles. The van der Waals surface area contributed by atoms with Gasteiger partial charge >= 0.3 is 0 Å². The summed E-state index contributed by atoms with van der Waals surface area (Å²) in [5.41, 5.74) is 2.04. The zero-order valence-corrected chi connectivity index (χ0v) is 21.7. The Kier molecular flexibility index (Phi) is 11.2. The zero-order chi connectivity index (χ0) is 24.9. The highest BCUT2D eigenvalue weighted by atomic mass is 35.5. The van der Waals surface area contributed by atoms with Crippen molar-refractivity contribution < 1.29 is 9.59 Å². The molecule has 0 aliphatic heterocycles. The number of nitrogens with zero attached hydrogens (tertiary/aromatic N) is 1. The number of nitrogens with one attached hydrogen (secondary N) is 1. The Bertz CT molecular complexity index is 1050. The highest BCUT2D eigenvalue weighted by Gasteiger charge is 2.30. The minimum Gasteiger partial charge on any atom is -0.354 e. The van der Waals surface area contributed by atoms with Crippen LogP contribution in [0.3, 0.4) is 0 Å². The van der Waals surface area contributed by atoms with Gasteiger partial charge in [0.1, 0.15) is 6.04 Å². The lowest BCUT2D eigenvalue weighted by Gasteiger charge is -2.31. The topological polar surface area (TPSA) is 49.4 Å². The third-order valence-electron chi connectivity index (χ3n) is 5.69. The van der Waals surface area contributed by atoms with Crippen LogP contribution in [0.15, 0.2) is 89.8 Å². The molecule has 0 bridgehead atoms. The van der Waals surface area contributed by atoms with Gasteiger partial charge in [0, 0.05) is 41.6 Å². The summed E-state index contributed by atoms with van der Waals surface area (Å²) in [6.07, 6.45) is 2.72. The van der Waals surface area contributed by atoms with E-state index in [1.54, 1.807) is 16.7 Å². The molecule has 0 heterocycles. The van der Waals surface area contributed by atoms with Crippen LogP contribution in [0.5, 0.6) is 0 Å². The minimum absolute atomic E-state index is 0.0260. The Morgan fingerprint density at radius 3 is 2.17 bits per heavy atom. The second kappa shape index (κ2) is 14.6. The molecule has 0 fully saturated rings. The van der Waals surface area contributed by atoms with Crippen LogP contribution in [-0.4, -0.2) is 35.1 Å². The van der Waals surface area contributed by atoms with Gasteiger partial charge in [0.15, 0.2) is 0 Å². The molecule has 4 nitrogen and oxygen atoms in total. The predicted octanol–water partition coefficient (Wildman–Crippen LogP) is 6.38. The lowest BCUT2D eigenvalue weighted by atomic mass is 10.0. The molecule has 35 heavy (non-hydrogen) atoms. The maximum Gasteiger partial charge on any atom is 0.243 e. The number of unbranched alkanes of at least 4 members (excludes halogenated alkanes) is 1. The van der Waals surface area contributed by atoms with E-state index in [0.29, 0.717) is 36.7 Å². The van der Waals surface area contributed by atoms with Gasteiger partial charge in [0.25, 0.3) is 0 Å². The minimum atomic E-state index is -0.581. The van der Waals surface area contributed by atoms with Gasteiger partial charge in [0.05, 0.1) is 0 Å². The van der Waals surface area contributed by atoms with Crippen LogP contribution in [0.25, 0.3) is 0 Å². The predicted molar refractivity (Wildman–Crippen MR) is 146 cm³/mol. The second-order valence-corrected chi connectivity index (χ2v) is 10.0. The van der Waals surface area contributed by atoms with Gasteiger partial charge < -0.3 is 10.2 Å².